The molecular weight excluding hydrogens is 635 g/mol. The lowest BCUT2D eigenvalue weighted by atomic mass is 9.91. The number of nitrogens with one attached hydrogen (secondary N) is 1. The second-order valence-electron chi connectivity index (χ2n) is 12.7. The molecule has 9 nitrogen and oxygen atoms in total. The van der Waals surface area contributed by atoms with Crippen molar-refractivity contribution >= 4 is 29.1 Å². The number of rotatable bonds is 9. The lowest BCUT2D eigenvalue weighted by molar-refractivity contribution is 0.0987. The number of hydrogen-bond acceptors (Lipinski definition) is 7. The summed E-state index contributed by atoms with van der Waals surface area (Å²) in [6, 6.07) is 18.2. The standard InChI is InChI=1S/C36H36Cl2N6O3/c1-43-15-12-27-32(42-35(34(40)45)44(27)2)33(43)25-9-5-8-24(31(25)38)21-6-4-7-23-22(21)10-11-28(23)47-30-17-29(46-3)20(16-26(30)37)18-41-36(19-39)13-14-36/h4-9,16-17,28,33,41H,10-15,18H2,1-3H3,(H2,40,45). The van der Waals surface area contributed by atoms with Gasteiger partial charge in [-0.05, 0) is 61.1 Å². The smallest absolute Gasteiger partial charge is 0.284 e. The predicted molar refractivity (Wildman–Crippen MR) is 181 cm³/mol. The summed E-state index contributed by atoms with van der Waals surface area (Å²) in [6.45, 7) is 1.28. The number of benzene rings is 3. The summed E-state index contributed by atoms with van der Waals surface area (Å²) < 4.78 is 14.1. The van der Waals surface area contributed by atoms with Crippen molar-refractivity contribution in [3.05, 3.63) is 98.0 Å². The van der Waals surface area contributed by atoms with E-state index in [1.54, 1.807) is 7.11 Å². The number of nitrogens with zero attached hydrogens (tertiary/aromatic N) is 4. The highest BCUT2D eigenvalue weighted by Crippen LogP contribution is 2.46. The molecule has 11 heteroatoms. The average molecular weight is 672 g/mol. The van der Waals surface area contributed by atoms with Gasteiger partial charge in [0.25, 0.3) is 5.91 Å². The van der Waals surface area contributed by atoms with E-state index < -0.39 is 11.4 Å². The summed E-state index contributed by atoms with van der Waals surface area (Å²) in [5, 5.41) is 13.9. The molecule has 2 atom stereocenters. The van der Waals surface area contributed by atoms with Gasteiger partial charge in [0, 0.05) is 49.4 Å². The van der Waals surface area contributed by atoms with Crippen LogP contribution in [0.4, 0.5) is 0 Å². The van der Waals surface area contributed by atoms with Crippen LogP contribution in [0.5, 0.6) is 11.5 Å². The first-order valence-electron chi connectivity index (χ1n) is 15.8. The number of imidazole rings is 1. The molecule has 242 valence electrons. The van der Waals surface area contributed by atoms with Crippen LogP contribution in [-0.2, 0) is 26.4 Å². The van der Waals surface area contributed by atoms with Gasteiger partial charge in [0.05, 0.1) is 35.0 Å². The number of aromatic nitrogens is 2. The highest BCUT2D eigenvalue weighted by Gasteiger charge is 2.42. The third-order valence-electron chi connectivity index (χ3n) is 9.88. The molecule has 1 fully saturated rings. The second-order valence-corrected chi connectivity index (χ2v) is 13.5. The maximum atomic E-state index is 12.1. The van der Waals surface area contributed by atoms with E-state index >= 15 is 0 Å². The Hall–Kier alpha value is -4.07. The largest absolute Gasteiger partial charge is 0.496 e. The van der Waals surface area contributed by atoms with E-state index in [1.807, 2.05) is 41.9 Å². The normalized spacial score (nSPS) is 19.5. The molecule has 1 saturated carbocycles. The maximum absolute atomic E-state index is 12.1. The fraction of sp³-hybridized carbons (Fsp3) is 0.361. The minimum atomic E-state index is -0.547. The second kappa shape index (κ2) is 12.2. The quantitative estimate of drug-likeness (QED) is 0.215. The zero-order chi connectivity index (χ0) is 33.0. The number of halogens is 2. The number of hydrogen-bond donors (Lipinski definition) is 2. The molecule has 3 N–H and O–H groups in total. The van der Waals surface area contributed by atoms with Crippen LogP contribution in [-0.4, -0.2) is 46.6 Å². The van der Waals surface area contributed by atoms with Gasteiger partial charge in [-0.1, -0.05) is 59.6 Å². The predicted octanol–water partition coefficient (Wildman–Crippen LogP) is 6.29. The van der Waals surface area contributed by atoms with Crippen LogP contribution in [0.3, 0.4) is 0 Å². The molecule has 0 spiro atoms. The molecule has 1 amide bonds. The van der Waals surface area contributed by atoms with E-state index in [0.717, 1.165) is 77.9 Å². The lowest BCUT2D eigenvalue weighted by Gasteiger charge is -2.33. The zero-order valence-electron chi connectivity index (χ0n) is 26.6. The molecule has 0 bridgehead atoms. The van der Waals surface area contributed by atoms with Crippen LogP contribution < -0.4 is 20.5 Å². The van der Waals surface area contributed by atoms with Crippen LogP contribution in [0.25, 0.3) is 11.1 Å². The summed E-state index contributed by atoms with van der Waals surface area (Å²) in [5.41, 5.74) is 13.1. The molecule has 4 aromatic rings. The Morgan fingerprint density at radius 2 is 1.85 bits per heavy atom. The Morgan fingerprint density at radius 1 is 1.11 bits per heavy atom. The average Bonchev–Trinajstić information content (AvgIpc) is 3.62. The van der Waals surface area contributed by atoms with Crippen molar-refractivity contribution in [2.45, 2.75) is 56.3 Å². The Morgan fingerprint density at radius 3 is 2.55 bits per heavy atom. The van der Waals surface area contributed by atoms with Gasteiger partial charge in [-0.25, -0.2) is 4.98 Å². The minimum absolute atomic E-state index is 0.195. The highest BCUT2D eigenvalue weighted by molar-refractivity contribution is 6.34. The number of methoxy groups -OCH3 is 1. The van der Waals surface area contributed by atoms with Crippen molar-refractivity contribution in [2.24, 2.45) is 12.8 Å². The number of ether oxygens (including phenoxy) is 2. The van der Waals surface area contributed by atoms with Crippen LogP contribution in [0.2, 0.25) is 10.0 Å². The summed E-state index contributed by atoms with van der Waals surface area (Å²) in [4.78, 5) is 19.0. The molecule has 7 rings (SSSR count). The molecule has 2 aliphatic carbocycles. The summed E-state index contributed by atoms with van der Waals surface area (Å²) >= 11 is 14.0. The molecule has 2 heterocycles. The van der Waals surface area contributed by atoms with Gasteiger partial charge < -0.3 is 19.8 Å². The van der Waals surface area contributed by atoms with Crippen LogP contribution in [0.15, 0.2) is 48.5 Å². The fourth-order valence-electron chi connectivity index (χ4n) is 7.12. The first-order chi connectivity index (χ1) is 22.6. The summed E-state index contributed by atoms with van der Waals surface area (Å²) in [5.74, 6) is 0.922. The van der Waals surface area contributed by atoms with E-state index in [1.165, 1.54) is 5.56 Å². The van der Waals surface area contributed by atoms with Crippen molar-refractivity contribution in [2.75, 3.05) is 20.7 Å². The topological polar surface area (TPSA) is 118 Å². The number of fused-ring (bicyclic) bond motifs is 2. The van der Waals surface area contributed by atoms with Crippen LogP contribution in [0, 0.1) is 11.3 Å². The Labute approximate surface area is 284 Å². The molecule has 1 aromatic heterocycles. The van der Waals surface area contributed by atoms with Crippen molar-refractivity contribution in [3.63, 3.8) is 0 Å². The van der Waals surface area contributed by atoms with Gasteiger partial charge >= 0.3 is 0 Å². The number of nitriles is 1. The monoisotopic (exact) mass is 670 g/mol. The lowest BCUT2D eigenvalue weighted by Crippen LogP contribution is -2.33. The van der Waals surface area contributed by atoms with E-state index in [4.69, 9.17) is 43.4 Å². The molecule has 47 heavy (non-hydrogen) atoms. The van der Waals surface area contributed by atoms with E-state index in [9.17, 15) is 10.1 Å². The first-order valence-corrected chi connectivity index (χ1v) is 16.6. The molecule has 2 unspecified atom stereocenters. The summed E-state index contributed by atoms with van der Waals surface area (Å²) in [6.07, 6.45) is 3.87. The third-order valence-corrected chi connectivity index (χ3v) is 10.6. The van der Waals surface area contributed by atoms with Crippen LogP contribution in [0.1, 0.15) is 75.7 Å². The Bertz CT molecular complexity index is 1950. The molecular formula is C36H36Cl2N6O3. The molecule has 3 aliphatic rings. The van der Waals surface area contributed by atoms with Crippen molar-refractivity contribution in [1.82, 2.24) is 19.8 Å². The summed E-state index contributed by atoms with van der Waals surface area (Å²) in [7, 11) is 5.52. The minimum Gasteiger partial charge on any atom is -0.496 e. The third kappa shape index (κ3) is 5.53. The molecule has 0 radical (unpaired) electrons. The number of primary amides is 1. The number of likely N-dealkylation sites (N-methyl/N-ethyl adjacent to an activating group) is 1. The van der Waals surface area contributed by atoms with Crippen molar-refractivity contribution in [3.8, 4) is 28.7 Å². The Balaban J connectivity index is 1.18. The van der Waals surface area contributed by atoms with Gasteiger partial charge in [-0.3, -0.25) is 15.0 Å². The number of carbonyl (C=O) groups is 1. The number of amides is 1. The number of carbonyl (C=O) groups excluding carboxylic acids is 1. The van der Waals surface area contributed by atoms with Gasteiger partial charge in [-0.2, -0.15) is 5.26 Å². The van der Waals surface area contributed by atoms with Crippen molar-refractivity contribution < 1.29 is 14.3 Å². The van der Waals surface area contributed by atoms with E-state index in [2.05, 4.69) is 41.5 Å². The molecule has 0 saturated heterocycles. The molecule has 1 aliphatic heterocycles. The van der Waals surface area contributed by atoms with Crippen molar-refractivity contribution in [1.29, 1.82) is 5.26 Å². The number of nitrogens with two attached hydrogens (primary N) is 1. The fourth-order valence-corrected chi connectivity index (χ4v) is 7.68. The maximum Gasteiger partial charge on any atom is 0.284 e. The molecule has 3 aromatic carbocycles. The van der Waals surface area contributed by atoms with E-state index in [0.29, 0.717) is 28.1 Å². The van der Waals surface area contributed by atoms with Gasteiger partial charge in [0.15, 0.2) is 5.82 Å². The van der Waals surface area contributed by atoms with Crippen LogP contribution >= 0.6 is 23.2 Å². The van der Waals surface area contributed by atoms with Gasteiger partial charge in [0.1, 0.15) is 23.1 Å². The van der Waals surface area contributed by atoms with E-state index in [-0.39, 0.29) is 18.0 Å². The zero-order valence-corrected chi connectivity index (χ0v) is 28.1. The SMILES string of the molecule is COc1cc(OC2CCc3c(-c4cccc(C5c6nc(C(N)=O)n(C)c6CCN5C)c4Cl)cccc32)c(Cl)cc1CNC1(C#N)CC1. The Kier molecular flexibility index (Phi) is 8.17. The van der Waals surface area contributed by atoms with Gasteiger partial charge in [0.2, 0.25) is 0 Å². The highest BCUT2D eigenvalue weighted by atomic mass is 35.5. The van der Waals surface area contributed by atoms with Gasteiger partial charge in [-0.15, -0.1) is 0 Å². The first kappa shape index (κ1) is 31.5.